The van der Waals surface area contributed by atoms with Crippen LogP contribution in [0.5, 0.6) is 0 Å². The van der Waals surface area contributed by atoms with Gasteiger partial charge in [-0.2, -0.15) is 0 Å². The van der Waals surface area contributed by atoms with Crippen LogP contribution in [-0.4, -0.2) is 25.1 Å². The molecule has 0 aliphatic heterocycles. The van der Waals surface area contributed by atoms with Crippen molar-refractivity contribution in [1.82, 2.24) is 15.6 Å². The standard InChI is InChI=1S/C17H24N4OS/c1-12-13(2)23-16(21-12)10-20-17(18-3)19-9-14-6-5-7-15(8-14)11-22-4/h5-8H,9-11H2,1-4H3,(H2,18,19,20). The summed E-state index contributed by atoms with van der Waals surface area (Å²) in [6.45, 7) is 6.16. The second kappa shape index (κ2) is 8.64. The van der Waals surface area contributed by atoms with Crippen molar-refractivity contribution in [3.05, 3.63) is 51.0 Å². The van der Waals surface area contributed by atoms with E-state index in [0.717, 1.165) is 16.7 Å². The summed E-state index contributed by atoms with van der Waals surface area (Å²) in [5, 5.41) is 7.69. The van der Waals surface area contributed by atoms with Crippen molar-refractivity contribution in [2.24, 2.45) is 4.99 Å². The normalized spacial score (nSPS) is 11.6. The Bertz CT molecular complexity index is 647. The van der Waals surface area contributed by atoms with Gasteiger partial charge in [-0.25, -0.2) is 4.98 Å². The SMILES string of the molecule is CN=C(NCc1cccc(COC)c1)NCc1nc(C)c(C)s1. The summed E-state index contributed by atoms with van der Waals surface area (Å²) in [5.74, 6) is 0.771. The van der Waals surface area contributed by atoms with Gasteiger partial charge in [0.05, 0.1) is 18.8 Å². The third-order valence-corrected chi connectivity index (χ3v) is 4.54. The first-order valence-corrected chi connectivity index (χ1v) is 8.38. The zero-order valence-electron chi connectivity index (χ0n) is 14.1. The first kappa shape index (κ1) is 17.4. The molecule has 0 aliphatic rings. The molecule has 6 heteroatoms. The van der Waals surface area contributed by atoms with Crippen molar-refractivity contribution < 1.29 is 4.74 Å². The van der Waals surface area contributed by atoms with Gasteiger partial charge in [-0.15, -0.1) is 11.3 Å². The Morgan fingerprint density at radius 2 is 1.96 bits per heavy atom. The molecule has 0 fully saturated rings. The van der Waals surface area contributed by atoms with Crippen LogP contribution in [0.15, 0.2) is 29.3 Å². The second-order valence-corrected chi connectivity index (χ2v) is 6.57. The molecule has 0 unspecified atom stereocenters. The average Bonchev–Trinajstić information content (AvgIpc) is 2.87. The number of benzene rings is 1. The maximum atomic E-state index is 5.17. The first-order valence-electron chi connectivity index (χ1n) is 7.56. The number of hydrogen-bond donors (Lipinski definition) is 2. The lowest BCUT2D eigenvalue weighted by molar-refractivity contribution is 0.185. The molecule has 2 N–H and O–H groups in total. The van der Waals surface area contributed by atoms with E-state index in [1.807, 2.05) is 13.0 Å². The van der Waals surface area contributed by atoms with Crippen LogP contribution in [0.1, 0.15) is 26.7 Å². The van der Waals surface area contributed by atoms with Crippen molar-refractivity contribution in [2.45, 2.75) is 33.5 Å². The molecule has 1 aromatic heterocycles. The molecule has 5 nitrogen and oxygen atoms in total. The summed E-state index contributed by atoms with van der Waals surface area (Å²) in [5.41, 5.74) is 3.47. The number of hydrogen-bond acceptors (Lipinski definition) is 4. The number of methoxy groups -OCH3 is 1. The molecule has 0 radical (unpaired) electrons. The number of aliphatic imine (C=N–C) groups is 1. The maximum Gasteiger partial charge on any atom is 0.191 e. The highest BCUT2D eigenvalue weighted by atomic mass is 32.1. The van der Waals surface area contributed by atoms with Gasteiger partial charge in [-0.1, -0.05) is 24.3 Å². The Hall–Kier alpha value is -1.92. The fourth-order valence-corrected chi connectivity index (χ4v) is 3.05. The van der Waals surface area contributed by atoms with Gasteiger partial charge in [0.25, 0.3) is 0 Å². The number of aryl methyl sites for hydroxylation is 2. The van der Waals surface area contributed by atoms with Crippen LogP contribution >= 0.6 is 11.3 Å². The highest BCUT2D eigenvalue weighted by molar-refractivity contribution is 7.11. The highest BCUT2D eigenvalue weighted by Crippen LogP contribution is 2.15. The zero-order chi connectivity index (χ0) is 16.7. The molecule has 0 spiro atoms. The van der Waals surface area contributed by atoms with Gasteiger partial charge >= 0.3 is 0 Å². The number of nitrogens with one attached hydrogen (secondary N) is 2. The van der Waals surface area contributed by atoms with Gasteiger partial charge in [-0.05, 0) is 25.0 Å². The number of nitrogens with zero attached hydrogens (tertiary/aromatic N) is 2. The second-order valence-electron chi connectivity index (χ2n) is 5.28. The summed E-state index contributed by atoms with van der Waals surface area (Å²) in [4.78, 5) is 10.0. The van der Waals surface area contributed by atoms with Crippen LogP contribution in [0.2, 0.25) is 0 Å². The minimum absolute atomic E-state index is 0.629. The van der Waals surface area contributed by atoms with Crippen molar-refractivity contribution in [3.8, 4) is 0 Å². The van der Waals surface area contributed by atoms with Crippen LogP contribution in [0.25, 0.3) is 0 Å². The zero-order valence-corrected chi connectivity index (χ0v) is 15.0. The number of ether oxygens (including phenoxy) is 1. The Morgan fingerprint density at radius 1 is 1.22 bits per heavy atom. The molecular weight excluding hydrogens is 308 g/mol. The predicted molar refractivity (Wildman–Crippen MR) is 95.8 cm³/mol. The van der Waals surface area contributed by atoms with Crippen molar-refractivity contribution in [1.29, 1.82) is 0 Å². The summed E-state index contributed by atoms with van der Waals surface area (Å²) in [6, 6.07) is 8.33. The van der Waals surface area contributed by atoms with Crippen LogP contribution in [-0.2, 0) is 24.4 Å². The summed E-state index contributed by atoms with van der Waals surface area (Å²) < 4.78 is 5.17. The molecule has 1 heterocycles. The lowest BCUT2D eigenvalue weighted by Crippen LogP contribution is -2.36. The minimum Gasteiger partial charge on any atom is -0.380 e. The van der Waals surface area contributed by atoms with Gasteiger partial charge in [-0.3, -0.25) is 4.99 Å². The Balaban J connectivity index is 1.86. The van der Waals surface area contributed by atoms with Crippen molar-refractivity contribution in [3.63, 3.8) is 0 Å². The first-order chi connectivity index (χ1) is 11.1. The summed E-state index contributed by atoms with van der Waals surface area (Å²) in [7, 11) is 3.48. The molecule has 0 bridgehead atoms. The number of guanidine groups is 1. The number of aromatic nitrogens is 1. The molecule has 2 aromatic rings. The molecule has 0 amide bonds. The molecule has 0 saturated heterocycles. The van der Waals surface area contributed by atoms with Crippen LogP contribution in [0.4, 0.5) is 0 Å². The number of thiazole rings is 1. The Labute approximate surface area is 141 Å². The van der Waals surface area contributed by atoms with Crippen molar-refractivity contribution in [2.75, 3.05) is 14.2 Å². The Kier molecular flexibility index (Phi) is 6.55. The van der Waals surface area contributed by atoms with Crippen LogP contribution in [0, 0.1) is 13.8 Å². The lowest BCUT2D eigenvalue weighted by Gasteiger charge is -2.11. The van der Waals surface area contributed by atoms with Gasteiger partial charge < -0.3 is 15.4 Å². The maximum absolute atomic E-state index is 5.17. The Morgan fingerprint density at radius 3 is 2.61 bits per heavy atom. The van der Waals surface area contributed by atoms with Crippen LogP contribution in [0.3, 0.4) is 0 Å². The monoisotopic (exact) mass is 332 g/mol. The van der Waals surface area contributed by atoms with Gasteiger partial charge in [0.15, 0.2) is 5.96 Å². The largest absolute Gasteiger partial charge is 0.380 e. The molecule has 2 rings (SSSR count). The van der Waals surface area contributed by atoms with E-state index in [1.54, 1.807) is 25.5 Å². The third-order valence-electron chi connectivity index (χ3n) is 3.47. The summed E-state index contributed by atoms with van der Waals surface area (Å²) in [6.07, 6.45) is 0. The third kappa shape index (κ3) is 5.33. The molecule has 0 atom stereocenters. The van der Waals surface area contributed by atoms with E-state index in [2.05, 4.69) is 45.7 Å². The van der Waals surface area contributed by atoms with Crippen LogP contribution < -0.4 is 10.6 Å². The lowest BCUT2D eigenvalue weighted by atomic mass is 10.1. The fraction of sp³-hybridized carbons (Fsp3) is 0.412. The van der Waals surface area contributed by atoms with E-state index >= 15 is 0 Å². The molecule has 23 heavy (non-hydrogen) atoms. The fourth-order valence-electron chi connectivity index (χ4n) is 2.18. The van der Waals surface area contributed by atoms with E-state index in [-0.39, 0.29) is 0 Å². The van der Waals surface area contributed by atoms with E-state index in [1.165, 1.54) is 16.0 Å². The molecular formula is C17H24N4OS. The molecule has 0 saturated carbocycles. The quantitative estimate of drug-likeness (QED) is 0.631. The number of rotatable bonds is 6. The van der Waals surface area contributed by atoms with Gasteiger partial charge in [0.1, 0.15) is 5.01 Å². The minimum atomic E-state index is 0.629. The molecule has 1 aromatic carbocycles. The smallest absolute Gasteiger partial charge is 0.191 e. The molecule has 124 valence electrons. The van der Waals surface area contributed by atoms with E-state index in [9.17, 15) is 0 Å². The topological polar surface area (TPSA) is 58.5 Å². The molecule has 0 aliphatic carbocycles. The van der Waals surface area contributed by atoms with Gasteiger partial charge in [0, 0.05) is 25.6 Å². The van der Waals surface area contributed by atoms with Gasteiger partial charge in [0.2, 0.25) is 0 Å². The van der Waals surface area contributed by atoms with E-state index in [4.69, 9.17) is 4.74 Å². The average molecular weight is 332 g/mol. The van der Waals surface area contributed by atoms with E-state index < -0.39 is 0 Å². The van der Waals surface area contributed by atoms with E-state index in [0.29, 0.717) is 19.7 Å². The van der Waals surface area contributed by atoms with Crippen molar-refractivity contribution >= 4 is 17.3 Å². The highest BCUT2D eigenvalue weighted by Gasteiger charge is 2.05. The predicted octanol–water partition coefficient (Wildman–Crippen LogP) is 2.77. The summed E-state index contributed by atoms with van der Waals surface area (Å²) >= 11 is 1.72.